The van der Waals surface area contributed by atoms with Gasteiger partial charge in [0, 0.05) is 40.1 Å². The molecule has 1 heterocycles. The molecule has 1 aromatic heterocycles. The second kappa shape index (κ2) is 8.96. The molecule has 4 N–H and O–H groups in total. The molecule has 0 aliphatic heterocycles. The lowest BCUT2D eigenvalue weighted by Crippen LogP contribution is -2.34. The van der Waals surface area contributed by atoms with Crippen molar-refractivity contribution in [1.29, 1.82) is 0 Å². The summed E-state index contributed by atoms with van der Waals surface area (Å²) in [5.74, 6) is 0. The molecule has 0 saturated carbocycles. The normalized spacial score (nSPS) is 12.5. The summed E-state index contributed by atoms with van der Waals surface area (Å²) in [4.78, 5) is 3.63. The number of aromatic nitrogens is 1. The Morgan fingerprint density at radius 3 is 2.38 bits per heavy atom. The van der Waals surface area contributed by atoms with Crippen LogP contribution in [0.1, 0.15) is 45.1 Å². The lowest BCUT2D eigenvalue weighted by Gasteiger charge is -2.32. The van der Waals surface area contributed by atoms with Crippen molar-refractivity contribution in [3.8, 4) is 0 Å². The molecule has 6 heteroatoms. The number of nitrogens with one attached hydrogen (secondary N) is 2. The molecule has 168 valence electrons. The van der Waals surface area contributed by atoms with Crippen LogP contribution in [0, 0.1) is 0 Å². The number of fused-ring (bicyclic) bond motifs is 2. The number of sulfonamides is 1. The van der Waals surface area contributed by atoms with Gasteiger partial charge in [-0.2, -0.15) is 0 Å². The molecule has 4 rings (SSSR count). The van der Waals surface area contributed by atoms with Gasteiger partial charge in [0.25, 0.3) is 10.0 Å². The number of H-pyrrole nitrogens is 1. The maximum atomic E-state index is 13.3. The second-order valence-corrected chi connectivity index (χ2v) is 10.2. The summed E-state index contributed by atoms with van der Waals surface area (Å²) < 4.78 is 29.4. The van der Waals surface area contributed by atoms with Crippen LogP contribution in [0.25, 0.3) is 21.7 Å². The monoisotopic (exact) mass is 449 g/mol. The molecule has 0 radical (unpaired) electrons. The maximum absolute atomic E-state index is 13.3. The fourth-order valence-electron chi connectivity index (χ4n) is 4.93. The summed E-state index contributed by atoms with van der Waals surface area (Å²) in [7, 11) is -3.75. The van der Waals surface area contributed by atoms with E-state index in [1.807, 2.05) is 48.7 Å². The highest BCUT2D eigenvalue weighted by atomic mass is 32.2. The topological polar surface area (TPSA) is 88.0 Å². The van der Waals surface area contributed by atoms with Gasteiger partial charge >= 0.3 is 0 Å². The second-order valence-electron chi connectivity index (χ2n) is 8.53. The Hall–Kier alpha value is -2.83. The first kappa shape index (κ1) is 22.4. The van der Waals surface area contributed by atoms with E-state index in [2.05, 4.69) is 23.6 Å². The molecule has 0 bridgehead atoms. The Morgan fingerprint density at radius 2 is 1.66 bits per heavy atom. The quantitative estimate of drug-likeness (QED) is 0.296. The van der Waals surface area contributed by atoms with Crippen molar-refractivity contribution in [3.05, 3.63) is 72.4 Å². The van der Waals surface area contributed by atoms with Crippen LogP contribution in [-0.2, 0) is 15.4 Å². The molecule has 0 amide bonds. The van der Waals surface area contributed by atoms with Gasteiger partial charge in [0.15, 0.2) is 0 Å². The van der Waals surface area contributed by atoms with Crippen LogP contribution in [-0.4, -0.2) is 19.9 Å². The molecule has 5 nitrogen and oxygen atoms in total. The van der Waals surface area contributed by atoms with Gasteiger partial charge in [-0.15, -0.1) is 0 Å². The van der Waals surface area contributed by atoms with Crippen LogP contribution in [0.2, 0.25) is 0 Å². The number of rotatable bonds is 9. The molecule has 3 aromatic carbocycles. The fraction of sp³-hybridized carbons (Fsp3) is 0.308. The Balaban J connectivity index is 1.77. The molecule has 32 heavy (non-hydrogen) atoms. The summed E-state index contributed by atoms with van der Waals surface area (Å²) in [6.45, 7) is 4.92. The van der Waals surface area contributed by atoms with Crippen molar-refractivity contribution >= 4 is 37.4 Å². The Kier molecular flexibility index (Phi) is 6.26. The number of benzene rings is 3. The third kappa shape index (κ3) is 4.00. The van der Waals surface area contributed by atoms with E-state index in [0.29, 0.717) is 17.6 Å². The van der Waals surface area contributed by atoms with Gasteiger partial charge in [-0.25, -0.2) is 8.42 Å². The standard InChI is InChI=1S/C26H31N3O2S/c1-3-14-26(18-27,15-4-2)23-17-28-24-13-12-20(16-22(23)24)29-32(30,31)25-11-7-9-19-8-5-6-10-21(19)25/h5-13,16-17,28-29H,3-4,14-15,18,27H2,1-2H3. The van der Waals surface area contributed by atoms with Gasteiger partial charge in [0.1, 0.15) is 0 Å². The molecule has 0 atom stereocenters. The molecule has 0 fully saturated rings. The predicted octanol–water partition coefficient (Wildman–Crippen LogP) is 5.92. The minimum atomic E-state index is -3.75. The molecule has 0 aliphatic rings. The van der Waals surface area contributed by atoms with Gasteiger partial charge in [-0.05, 0) is 48.1 Å². The summed E-state index contributed by atoms with van der Waals surface area (Å²) >= 11 is 0. The summed E-state index contributed by atoms with van der Waals surface area (Å²) in [6.07, 6.45) is 6.12. The van der Waals surface area contributed by atoms with Crippen molar-refractivity contribution in [3.63, 3.8) is 0 Å². The van der Waals surface area contributed by atoms with E-state index >= 15 is 0 Å². The Morgan fingerprint density at radius 1 is 0.938 bits per heavy atom. The maximum Gasteiger partial charge on any atom is 0.262 e. The van der Waals surface area contributed by atoms with E-state index in [4.69, 9.17) is 5.73 Å². The van der Waals surface area contributed by atoms with Crippen molar-refractivity contribution in [2.45, 2.75) is 49.8 Å². The average molecular weight is 450 g/mol. The van der Waals surface area contributed by atoms with Gasteiger partial charge in [-0.3, -0.25) is 4.72 Å². The molecule has 4 aromatic rings. The van der Waals surface area contributed by atoms with E-state index in [-0.39, 0.29) is 10.3 Å². The van der Waals surface area contributed by atoms with Crippen LogP contribution in [0.15, 0.2) is 71.8 Å². The van der Waals surface area contributed by atoms with Crippen molar-refractivity contribution in [2.75, 3.05) is 11.3 Å². The van der Waals surface area contributed by atoms with Crippen LogP contribution in [0.3, 0.4) is 0 Å². The van der Waals surface area contributed by atoms with E-state index in [9.17, 15) is 8.42 Å². The predicted molar refractivity (Wildman–Crippen MR) is 134 cm³/mol. The zero-order valence-corrected chi connectivity index (χ0v) is 19.5. The number of hydrogen-bond acceptors (Lipinski definition) is 3. The third-order valence-corrected chi connectivity index (χ3v) is 7.83. The SMILES string of the molecule is CCCC(CN)(CCC)c1c[nH]c2ccc(NS(=O)(=O)c3cccc4ccccc34)cc12. The molecule has 0 spiro atoms. The van der Waals surface area contributed by atoms with Crippen molar-refractivity contribution in [1.82, 2.24) is 4.98 Å². The van der Waals surface area contributed by atoms with Crippen LogP contribution >= 0.6 is 0 Å². The zero-order valence-electron chi connectivity index (χ0n) is 18.7. The van der Waals surface area contributed by atoms with Crippen molar-refractivity contribution < 1.29 is 8.42 Å². The molecular formula is C26H31N3O2S. The minimum Gasteiger partial charge on any atom is -0.361 e. The van der Waals surface area contributed by atoms with Crippen LogP contribution < -0.4 is 10.5 Å². The van der Waals surface area contributed by atoms with E-state index in [1.165, 1.54) is 5.56 Å². The van der Waals surface area contributed by atoms with Gasteiger partial charge in [-0.1, -0.05) is 63.1 Å². The van der Waals surface area contributed by atoms with Gasteiger partial charge < -0.3 is 10.7 Å². The van der Waals surface area contributed by atoms with E-state index in [0.717, 1.165) is 42.0 Å². The highest BCUT2D eigenvalue weighted by molar-refractivity contribution is 7.93. The first-order valence-electron chi connectivity index (χ1n) is 11.3. The van der Waals surface area contributed by atoms with Crippen LogP contribution in [0.4, 0.5) is 5.69 Å². The highest BCUT2D eigenvalue weighted by Crippen LogP contribution is 2.39. The molecule has 0 unspecified atom stereocenters. The Labute approximate surface area is 190 Å². The molecule has 0 aliphatic carbocycles. The highest BCUT2D eigenvalue weighted by Gasteiger charge is 2.31. The van der Waals surface area contributed by atoms with E-state index < -0.39 is 10.0 Å². The fourth-order valence-corrected chi connectivity index (χ4v) is 6.21. The number of aromatic amines is 1. The van der Waals surface area contributed by atoms with Gasteiger partial charge in [0.2, 0.25) is 0 Å². The smallest absolute Gasteiger partial charge is 0.262 e. The summed E-state index contributed by atoms with van der Waals surface area (Å²) in [5.41, 5.74) is 8.89. The number of anilines is 1. The molecule has 0 saturated heterocycles. The Bertz CT molecular complexity index is 1330. The summed E-state index contributed by atoms with van der Waals surface area (Å²) in [6, 6.07) is 18.5. The average Bonchev–Trinajstić information content (AvgIpc) is 3.22. The first-order chi connectivity index (χ1) is 15.4. The number of nitrogens with two attached hydrogens (primary N) is 1. The zero-order chi connectivity index (χ0) is 22.8. The lowest BCUT2D eigenvalue weighted by molar-refractivity contribution is 0.368. The van der Waals surface area contributed by atoms with Gasteiger partial charge in [0.05, 0.1) is 4.90 Å². The number of hydrogen-bond donors (Lipinski definition) is 3. The van der Waals surface area contributed by atoms with Crippen LogP contribution in [0.5, 0.6) is 0 Å². The van der Waals surface area contributed by atoms with Crippen molar-refractivity contribution in [2.24, 2.45) is 5.73 Å². The largest absolute Gasteiger partial charge is 0.361 e. The molecular weight excluding hydrogens is 418 g/mol. The minimum absolute atomic E-state index is 0.116. The lowest BCUT2D eigenvalue weighted by atomic mass is 9.73. The van der Waals surface area contributed by atoms with E-state index in [1.54, 1.807) is 18.2 Å². The third-order valence-electron chi connectivity index (χ3n) is 6.39. The first-order valence-corrected chi connectivity index (χ1v) is 12.7. The summed E-state index contributed by atoms with van der Waals surface area (Å²) in [5, 5.41) is 2.63.